The molecule has 0 atom stereocenters. The number of rotatable bonds is 10. The van der Waals surface area contributed by atoms with E-state index in [9.17, 15) is 0 Å². The number of para-hydroxylation sites is 2. The van der Waals surface area contributed by atoms with Crippen molar-refractivity contribution in [1.29, 1.82) is 0 Å². The second-order valence-electron chi connectivity index (χ2n) is 17.1. The zero-order valence-electron chi connectivity index (χ0n) is 37.7. The topological polar surface area (TPSA) is 132 Å². The number of fused-ring (bicyclic) bond motifs is 6. The molecule has 0 radical (unpaired) electrons. The van der Waals surface area contributed by atoms with Crippen molar-refractivity contribution in [3.63, 3.8) is 0 Å². The molecule has 0 aliphatic heterocycles. The van der Waals surface area contributed by atoms with Crippen molar-refractivity contribution in [2.45, 2.75) is 13.8 Å². The molecule has 0 aliphatic rings. The highest BCUT2D eigenvalue weighted by Gasteiger charge is 2.20. The van der Waals surface area contributed by atoms with Gasteiger partial charge in [-0.1, -0.05) is 48.5 Å². The minimum absolute atomic E-state index is 0.576. The van der Waals surface area contributed by atoms with Crippen molar-refractivity contribution < 1.29 is 18.3 Å². The number of hydrogen-bond donors (Lipinski definition) is 0. The van der Waals surface area contributed by atoms with E-state index in [0.29, 0.717) is 45.8 Å². The highest BCUT2D eigenvalue weighted by molar-refractivity contribution is 6.10. The fraction of sp³-hybridized carbons (Fsp3) is 0.0345. The van der Waals surface area contributed by atoms with E-state index in [0.717, 1.165) is 88.6 Å². The number of aromatic nitrogens is 8. The zero-order chi connectivity index (χ0) is 46.7. The fourth-order valence-electron chi connectivity index (χ4n) is 9.33. The Labute approximate surface area is 399 Å². The van der Waals surface area contributed by atoms with E-state index < -0.39 is 0 Å². The van der Waals surface area contributed by atoms with Crippen LogP contribution < -0.4 is 9.47 Å². The first-order valence-corrected chi connectivity index (χ1v) is 22.7. The third-order valence-electron chi connectivity index (χ3n) is 12.6. The standard InChI is InChI=1S/C58H38N8O4/c1-35-19-21-59-57(23-35)65-51-9-5-3-7-41(51)43-17-13-39(27-53(43)65)69-55-25-37(11-15-45(55)49-31-67-33-63-49)47-29-62-48(30-61-47)38-12-16-46(50-32-68-34-64-50)56(26-38)70-40-14-18-44-42-8-4-6-10-52(42)66(54(44)28-40)58-24-36(2)20-22-60-58/h3-34H,1-2H3. The molecule has 13 rings (SSSR count). The first-order chi connectivity index (χ1) is 34.5. The summed E-state index contributed by atoms with van der Waals surface area (Å²) in [5.74, 6) is 4.11. The van der Waals surface area contributed by atoms with Crippen LogP contribution in [-0.2, 0) is 0 Å². The van der Waals surface area contributed by atoms with Gasteiger partial charge in [0.1, 0.15) is 58.5 Å². The number of nitrogens with zero attached hydrogens (tertiary/aromatic N) is 8. The molecule has 12 heteroatoms. The summed E-state index contributed by atoms with van der Waals surface area (Å²) >= 11 is 0. The van der Waals surface area contributed by atoms with Crippen LogP contribution in [0.1, 0.15) is 11.1 Å². The number of ether oxygens (including phenoxy) is 2. The SMILES string of the molecule is Cc1ccnc(-n2c3ccccc3c3ccc(Oc4cc(-c5cnc(-c6ccc(-c7cocn7)c(Oc7ccc8c9ccccc9n(-c9cc(C)ccn9)c8c7)c6)cn5)ccc4-c4cocn4)cc32)c1. The molecule has 7 heterocycles. The smallest absolute Gasteiger partial charge is 0.181 e. The molecule has 0 aliphatic carbocycles. The Morgan fingerprint density at radius 1 is 0.400 bits per heavy atom. The van der Waals surface area contributed by atoms with Gasteiger partial charge in [0.05, 0.1) is 45.8 Å². The van der Waals surface area contributed by atoms with Crippen LogP contribution >= 0.6 is 0 Å². The maximum Gasteiger partial charge on any atom is 0.181 e. The van der Waals surface area contributed by atoms with Crippen molar-refractivity contribution in [3.05, 3.63) is 207 Å². The van der Waals surface area contributed by atoms with E-state index in [1.54, 1.807) is 24.9 Å². The van der Waals surface area contributed by atoms with Gasteiger partial charge < -0.3 is 18.3 Å². The van der Waals surface area contributed by atoms with Crippen LogP contribution in [0.5, 0.6) is 23.0 Å². The van der Waals surface area contributed by atoms with Gasteiger partial charge >= 0.3 is 0 Å². The molecular formula is C58H38N8O4. The molecular weight excluding hydrogens is 873 g/mol. The summed E-state index contributed by atoms with van der Waals surface area (Å²) in [4.78, 5) is 28.3. The Balaban J connectivity index is 0.846. The van der Waals surface area contributed by atoms with Gasteiger partial charge in [-0.05, 0) is 110 Å². The quantitative estimate of drug-likeness (QED) is 0.131. The Hall–Kier alpha value is -9.68. The first kappa shape index (κ1) is 40.6. The molecule has 70 heavy (non-hydrogen) atoms. The molecule has 0 bridgehead atoms. The Morgan fingerprint density at radius 2 is 0.857 bits per heavy atom. The van der Waals surface area contributed by atoms with Gasteiger partial charge in [0, 0.05) is 68.3 Å². The summed E-state index contributed by atoms with van der Waals surface area (Å²) in [6.45, 7) is 4.14. The maximum absolute atomic E-state index is 6.79. The summed E-state index contributed by atoms with van der Waals surface area (Å²) in [5.41, 5.74) is 12.0. The highest BCUT2D eigenvalue weighted by Crippen LogP contribution is 2.42. The number of pyridine rings is 2. The van der Waals surface area contributed by atoms with E-state index in [4.69, 9.17) is 38.2 Å². The van der Waals surface area contributed by atoms with Crippen LogP contribution in [0.25, 0.3) is 100 Å². The van der Waals surface area contributed by atoms with Crippen LogP contribution in [0.15, 0.2) is 205 Å². The van der Waals surface area contributed by atoms with Gasteiger partial charge in [0.2, 0.25) is 0 Å². The molecule has 0 amide bonds. The van der Waals surface area contributed by atoms with Crippen LogP contribution in [0.2, 0.25) is 0 Å². The summed E-state index contributed by atoms with van der Waals surface area (Å²) in [7, 11) is 0. The van der Waals surface area contributed by atoms with Gasteiger partial charge in [0.25, 0.3) is 0 Å². The van der Waals surface area contributed by atoms with Crippen molar-refractivity contribution >= 4 is 43.6 Å². The molecule has 12 nitrogen and oxygen atoms in total. The normalized spacial score (nSPS) is 11.6. The van der Waals surface area contributed by atoms with Gasteiger partial charge in [-0.2, -0.15) is 0 Å². The lowest BCUT2D eigenvalue weighted by Gasteiger charge is -2.14. The molecule has 6 aromatic carbocycles. The lowest BCUT2D eigenvalue weighted by atomic mass is 10.0. The molecule has 7 aromatic heterocycles. The van der Waals surface area contributed by atoms with E-state index in [2.05, 4.69) is 106 Å². The molecule has 0 fully saturated rings. The van der Waals surface area contributed by atoms with Gasteiger partial charge in [0.15, 0.2) is 12.8 Å². The van der Waals surface area contributed by atoms with E-state index >= 15 is 0 Å². The zero-order valence-corrected chi connectivity index (χ0v) is 37.7. The van der Waals surface area contributed by atoms with Gasteiger partial charge in [-0.15, -0.1) is 0 Å². The second-order valence-corrected chi connectivity index (χ2v) is 17.1. The minimum Gasteiger partial charge on any atom is -0.457 e. The van der Waals surface area contributed by atoms with Crippen LogP contribution in [0, 0.1) is 13.8 Å². The van der Waals surface area contributed by atoms with E-state index in [-0.39, 0.29) is 0 Å². The molecule has 13 aromatic rings. The average molecular weight is 911 g/mol. The molecule has 0 saturated carbocycles. The molecule has 0 N–H and O–H groups in total. The van der Waals surface area contributed by atoms with Crippen LogP contribution in [-0.4, -0.2) is 39.0 Å². The predicted molar refractivity (Wildman–Crippen MR) is 271 cm³/mol. The highest BCUT2D eigenvalue weighted by atomic mass is 16.5. The van der Waals surface area contributed by atoms with Crippen molar-refractivity contribution in [3.8, 4) is 79.7 Å². The first-order valence-electron chi connectivity index (χ1n) is 22.7. The molecule has 0 unspecified atom stereocenters. The van der Waals surface area contributed by atoms with Crippen LogP contribution in [0.3, 0.4) is 0 Å². The summed E-state index contributed by atoms with van der Waals surface area (Å²) in [6, 6.07) is 49.0. The maximum atomic E-state index is 6.79. The Bertz CT molecular complexity index is 3840. The summed E-state index contributed by atoms with van der Waals surface area (Å²) in [5, 5.41) is 4.44. The minimum atomic E-state index is 0.576. The van der Waals surface area contributed by atoms with E-state index in [1.807, 2.05) is 85.2 Å². The van der Waals surface area contributed by atoms with Crippen molar-refractivity contribution in [2.24, 2.45) is 0 Å². The van der Waals surface area contributed by atoms with Gasteiger partial charge in [-0.25, -0.2) is 19.9 Å². The predicted octanol–water partition coefficient (Wildman–Crippen LogP) is 14.3. The molecule has 0 saturated heterocycles. The number of benzene rings is 6. The van der Waals surface area contributed by atoms with Gasteiger partial charge in [-0.3, -0.25) is 19.1 Å². The largest absolute Gasteiger partial charge is 0.457 e. The number of hydrogen-bond acceptors (Lipinski definition) is 10. The number of aryl methyl sites for hydroxylation is 2. The lowest BCUT2D eigenvalue weighted by Crippen LogP contribution is -1.98. The monoisotopic (exact) mass is 910 g/mol. The Morgan fingerprint density at radius 3 is 1.29 bits per heavy atom. The third-order valence-corrected chi connectivity index (χ3v) is 12.6. The molecule has 0 spiro atoms. The van der Waals surface area contributed by atoms with E-state index in [1.165, 1.54) is 12.8 Å². The summed E-state index contributed by atoms with van der Waals surface area (Å²) < 4.78 is 28.8. The number of oxazole rings is 2. The van der Waals surface area contributed by atoms with Crippen molar-refractivity contribution in [1.82, 2.24) is 39.0 Å². The second kappa shape index (κ2) is 16.6. The average Bonchev–Trinajstić information content (AvgIpc) is 4.23. The lowest BCUT2D eigenvalue weighted by molar-refractivity contribution is 0.484. The summed E-state index contributed by atoms with van der Waals surface area (Å²) in [6.07, 6.45) is 13.2. The van der Waals surface area contributed by atoms with Crippen molar-refractivity contribution in [2.75, 3.05) is 0 Å². The molecule has 334 valence electrons. The van der Waals surface area contributed by atoms with Crippen LogP contribution in [0.4, 0.5) is 0 Å². The Kier molecular flexibility index (Phi) is 9.61. The third kappa shape index (κ3) is 7.10. The fourth-order valence-corrected chi connectivity index (χ4v) is 9.33.